The summed E-state index contributed by atoms with van der Waals surface area (Å²) in [5.74, 6) is 0.407. The number of halogens is 1. The maximum Gasteiger partial charge on any atom is 0.246 e. The van der Waals surface area contributed by atoms with Crippen molar-refractivity contribution in [1.82, 2.24) is 4.90 Å². The van der Waals surface area contributed by atoms with Gasteiger partial charge in [-0.3, -0.25) is 4.79 Å². The first-order valence-corrected chi connectivity index (χ1v) is 7.21. The quantitative estimate of drug-likeness (QED) is 0.867. The van der Waals surface area contributed by atoms with Gasteiger partial charge in [-0.15, -0.1) is 0 Å². The van der Waals surface area contributed by atoms with E-state index in [0.717, 1.165) is 24.0 Å². The molecule has 108 valence electrons. The van der Waals surface area contributed by atoms with Crippen molar-refractivity contribution in [3.63, 3.8) is 0 Å². The van der Waals surface area contributed by atoms with Crippen LogP contribution < -0.4 is 0 Å². The number of likely N-dealkylation sites (N-methyl/N-ethyl adjacent to an activating group) is 1. The molecule has 0 aliphatic heterocycles. The van der Waals surface area contributed by atoms with Gasteiger partial charge in [0.2, 0.25) is 5.91 Å². The number of amides is 1. The van der Waals surface area contributed by atoms with E-state index in [0.29, 0.717) is 17.5 Å². The molecule has 1 aromatic carbocycles. The van der Waals surface area contributed by atoms with E-state index in [1.807, 2.05) is 25.1 Å². The summed E-state index contributed by atoms with van der Waals surface area (Å²) >= 11 is 6.05. The molecule has 0 unspecified atom stereocenters. The van der Waals surface area contributed by atoms with Crippen molar-refractivity contribution in [2.24, 2.45) is 5.92 Å². The van der Waals surface area contributed by atoms with E-state index >= 15 is 0 Å². The lowest BCUT2D eigenvalue weighted by molar-refractivity contribution is -0.126. The van der Waals surface area contributed by atoms with Gasteiger partial charge < -0.3 is 10.0 Å². The standard InChI is InChI=1S/C16H20ClNO2/c1-11-3-4-12(9-15(11)17)5-6-16(20)18(2)10-13-7-14(19)8-13/h3-6,9,13-14,19H,7-8,10H2,1-2H3. The molecule has 0 atom stereocenters. The number of hydrogen-bond donors (Lipinski definition) is 1. The van der Waals surface area contributed by atoms with Gasteiger partial charge in [0.15, 0.2) is 0 Å². The molecule has 0 bridgehead atoms. The molecule has 4 heteroatoms. The van der Waals surface area contributed by atoms with E-state index in [-0.39, 0.29) is 12.0 Å². The minimum Gasteiger partial charge on any atom is -0.393 e. The fourth-order valence-electron chi connectivity index (χ4n) is 2.33. The zero-order valence-electron chi connectivity index (χ0n) is 11.8. The molecule has 2 rings (SSSR count). The van der Waals surface area contributed by atoms with Gasteiger partial charge in [-0.2, -0.15) is 0 Å². The Morgan fingerprint density at radius 1 is 1.50 bits per heavy atom. The molecule has 0 saturated heterocycles. The largest absolute Gasteiger partial charge is 0.393 e. The second kappa shape index (κ2) is 6.42. The van der Waals surface area contributed by atoms with Crippen LogP contribution in [0.15, 0.2) is 24.3 Å². The highest BCUT2D eigenvalue weighted by Gasteiger charge is 2.28. The second-order valence-corrected chi connectivity index (χ2v) is 5.96. The Morgan fingerprint density at radius 3 is 2.80 bits per heavy atom. The van der Waals surface area contributed by atoms with Gasteiger partial charge in [-0.05, 0) is 49.0 Å². The van der Waals surface area contributed by atoms with Crippen LogP contribution in [0.1, 0.15) is 24.0 Å². The lowest BCUT2D eigenvalue weighted by atomic mass is 9.82. The number of aryl methyl sites for hydroxylation is 1. The lowest BCUT2D eigenvalue weighted by Gasteiger charge is -2.34. The van der Waals surface area contributed by atoms with Crippen LogP contribution in [0.5, 0.6) is 0 Å². The van der Waals surface area contributed by atoms with E-state index in [9.17, 15) is 9.90 Å². The summed E-state index contributed by atoms with van der Waals surface area (Å²) < 4.78 is 0. The molecule has 1 amide bonds. The van der Waals surface area contributed by atoms with Crippen LogP contribution in [-0.4, -0.2) is 35.6 Å². The normalized spacial score (nSPS) is 21.8. The number of nitrogens with zero attached hydrogens (tertiary/aromatic N) is 1. The summed E-state index contributed by atoms with van der Waals surface area (Å²) in [4.78, 5) is 13.7. The Morgan fingerprint density at radius 2 is 2.20 bits per heavy atom. The van der Waals surface area contributed by atoms with Crippen molar-refractivity contribution in [2.75, 3.05) is 13.6 Å². The summed E-state index contributed by atoms with van der Waals surface area (Å²) in [5, 5.41) is 9.95. The molecule has 1 aliphatic carbocycles. The average molecular weight is 294 g/mol. The van der Waals surface area contributed by atoms with Gasteiger partial charge in [-0.25, -0.2) is 0 Å². The third-order valence-electron chi connectivity index (χ3n) is 3.73. The van der Waals surface area contributed by atoms with Crippen molar-refractivity contribution in [3.8, 4) is 0 Å². The molecule has 1 saturated carbocycles. The van der Waals surface area contributed by atoms with E-state index in [1.165, 1.54) is 0 Å². The SMILES string of the molecule is Cc1ccc(C=CC(=O)N(C)CC2CC(O)C2)cc1Cl. The predicted molar refractivity (Wildman–Crippen MR) is 81.6 cm³/mol. The van der Waals surface area contributed by atoms with Crippen LogP contribution >= 0.6 is 11.6 Å². The summed E-state index contributed by atoms with van der Waals surface area (Å²) in [5.41, 5.74) is 1.94. The summed E-state index contributed by atoms with van der Waals surface area (Å²) in [6.07, 6.45) is 4.77. The van der Waals surface area contributed by atoms with Gasteiger partial charge in [0.05, 0.1) is 6.10 Å². The van der Waals surface area contributed by atoms with E-state index < -0.39 is 0 Å². The van der Waals surface area contributed by atoms with Crippen LogP contribution in [0.25, 0.3) is 6.08 Å². The van der Waals surface area contributed by atoms with Gasteiger partial charge >= 0.3 is 0 Å². The number of carbonyl (C=O) groups excluding carboxylic acids is 1. The Labute approximate surface area is 124 Å². The van der Waals surface area contributed by atoms with Gasteiger partial charge in [0, 0.05) is 24.7 Å². The number of rotatable bonds is 4. The summed E-state index contributed by atoms with van der Waals surface area (Å²) in [7, 11) is 1.79. The maximum absolute atomic E-state index is 12.0. The van der Waals surface area contributed by atoms with Crippen molar-refractivity contribution in [3.05, 3.63) is 40.4 Å². The third-order valence-corrected chi connectivity index (χ3v) is 4.14. The van der Waals surface area contributed by atoms with E-state index in [2.05, 4.69) is 0 Å². The maximum atomic E-state index is 12.0. The molecule has 0 heterocycles. The molecule has 0 aromatic heterocycles. The van der Waals surface area contributed by atoms with Crippen molar-refractivity contribution in [2.45, 2.75) is 25.9 Å². The molecule has 1 aromatic rings. The molecule has 20 heavy (non-hydrogen) atoms. The summed E-state index contributed by atoms with van der Waals surface area (Å²) in [6, 6.07) is 5.72. The fourth-order valence-corrected chi connectivity index (χ4v) is 2.52. The smallest absolute Gasteiger partial charge is 0.246 e. The Kier molecular flexibility index (Phi) is 4.84. The summed E-state index contributed by atoms with van der Waals surface area (Å²) in [6.45, 7) is 2.65. The van der Waals surface area contributed by atoms with Gasteiger partial charge in [0.25, 0.3) is 0 Å². The minimum atomic E-state index is -0.172. The van der Waals surface area contributed by atoms with Crippen molar-refractivity contribution >= 4 is 23.6 Å². The Balaban J connectivity index is 1.89. The van der Waals surface area contributed by atoms with E-state index in [4.69, 9.17) is 11.6 Å². The fraction of sp³-hybridized carbons (Fsp3) is 0.438. The molecular formula is C16H20ClNO2. The van der Waals surface area contributed by atoms with Crippen molar-refractivity contribution in [1.29, 1.82) is 0 Å². The van der Waals surface area contributed by atoms with Crippen LogP contribution in [0.2, 0.25) is 5.02 Å². The van der Waals surface area contributed by atoms with Gasteiger partial charge in [0.1, 0.15) is 0 Å². The molecule has 1 fully saturated rings. The highest BCUT2D eigenvalue weighted by molar-refractivity contribution is 6.31. The average Bonchev–Trinajstić information content (AvgIpc) is 2.38. The molecular weight excluding hydrogens is 274 g/mol. The zero-order valence-corrected chi connectivity index (χ0v) is 12.6. The Hall–Kier alpha value is -1.32. The first-order chi connectivity index (χ1) is 9.45. The number of aliphatic hydroxyl groups is 1. The van der Waals surface area contributed by atoms with Crippen LogP contribution in [0.3, 0.4) is 0 Å². The van der Waals surface area contributed by atoms with E-state index in [1.54, 1.807) is 24.1 Å². The van der Waals surface area contributed by atoms with Crippen LogP contribution in [0.4, 0.5) is 0 Å². The molecule has 0 radical (unpaired) electrons. The number of benzene rings is 1. The second-order valence-electron chi connectivity index (χ2n) is 5.55. The molecule has 1 N–H and O–H groups in total. The lowest BCUT2D eigenvalue weighted by Crippen LogP contribution is -2.38. The number of aliphatic hydroxyl groups excluding tert-OH is 1. The first kappa shape index (κ1) is 15.1. The molecule has 1 aliphatic rings. The predicted octanol–water partition coefficient (Wildman–Crippen LogP) is 2.89. The Bertz CT molecular complexity index is 521. The monoisotopic (exact) mass is 293 g/mol. The van der Waals surface area contributed by atoms with Crippen LogP contribution in [-0.2, 0) is 4.79 Å². The van der Waals surface area contributed by atoms with Gasteiger partial charge in [-0.1, -0.05) is 23.7 Å². The third kappa shape index (κ3) is 3.84. The number of hydrogen-bond acceptors (Lipinski definition) is 2. The topological polar surface area (TPSA) is 40.5 Å². The molecule has 0 spiro atoms. The number of carbonyl (C=O) groups is 1. The first-order valence-electron chi connectivity index (χ1n) is 6.83. The highest BCUT2D eigenvalue weighted by Crippen LogP contribution is 2.27. The highest BCUT2D eigenvalue weighted by atomic mass is 35.5. The van der Waals surface area contributed by atoms with Crippen LogP contribution in [0, 0.1) is 12.8 Å². The van der Waals surface area contributed by atoms with Crippen molar-refractivity contribution < 1.29 is 9.90 Å². The molecule has 3 nitrogen and oxygen atoms in total. The zero-order chi connectivity index (χ0) is 14.7. The minimum absolute atomic E-state index is 0.0249.